The van der Waals surface area contributed by atoms with Crippen LogP contribution in [0.4, 0.5) is 4.39 Å². The average Bonchev–Trinajstić information content (AvgIpc) is 2.49. The van der Waals surface area contributed by atoms with Crippen LogP contribution in [0.5, 0.6) is 5.75 Å². The highest BCUT2D eigenvalue weighted by atomic mass is 35.5. The fraction of sp³-hybridized carbons (Fsp3) is 0.188. The van der Waals surface area contributed by atoms with Gasteiger partial charge in [0.15, 0.2) is 0 Å². The fourth-order valence-corrected chi connectivity index (χ4v) is 1.91. The predicted molar refractivity (Wildman–Crippen MR) is 78.1 cm³/mol. The van der Waals surface area contributed by atoms with Gasteiger partial charge >= 0.3 is 5.97 Å². The highest BCUT2D eigenvalue weighted by Crippen LogP contribution is 2.18. The van der Waals surface area contributed by atoms with E-state index >= 15 is 0 Å². The molecule has 2 aromatic carbocycles. The van der Waals surface area contributed by atoms with Gasteiger partial charge in [-0.2, -0.15) is 0 Å². The summed E-state index contributed by atoms with van der Waals surface area (Å²) >= 11 is 5.81. The van der Waals surface area contributed by atoms with Crippen LogP contribution in [0.1, 0.15) is 22.8 Å². The van der Waals surface area contributed by atoms with Crippen molar-refractivity contribution in [3.05, 3.63) is 64.4 Å². The van der Waals surface area contributed by atoms with Crippen LogP contribution in [0.3, 0.4) is 0 Å². The minimum absolute atomic E-state index is 0.0607. The number of esters is 1. The van der Waals surface area contributed by atoms with E-state index in [0.717, 1.165) is 0 Å². The molecule has 0 radical (unpaired) electrons. The molecule has 2 aromatic rings. The lowest BCUT2D eigenvalue weighted by molar-refractivity contribution is 0.0526. The second-order valence-electron chi connectivity index (χ2n) is 4.27. The summed E-state index contributed by atoms with van der Waals surface area (Å²) in [7, 11) is 0. The molecule has 0 saturated heterocycles. The first-order valence-corrected chi connectivity index (χ1v) is 6.82. The standard InChI is InChI=1S/C16H14ClFO3/c1-2-20-16(19)11-3-6-14(7-4-11)21-10-12-9-13(17)5-8-15(12)18/h3-9H,2,10H2,1H3. The minimum atomic E-state index is -0.384. The van der Waals surface area contributed by atoms with Gasteiger partial charge in [-0.15, -0.1) is 0 Å². The number of carbonyl (C=O) groups excluding carboxylic acids is 1. The summed E-state index contributed by atoms with van der Waals surface area (Å²) in [5, 5.41) is 0.452. The van der Waals surface area contributed by atoms with E-state index in [0.29, 0.717) is 28.5 Å². The number of halogens is 2. The monoisotopic (exact) mass is 308 g/mol. The highest BCUT2D eigenvalue weighted by molar-refractivity contribution is 6.30. The van der Waals surface area contributed by atoms with Crippen molar-refractivity contribution < 1.29 is 18.7 Å². The van der Waals surface area contributed by atoms with Crippen LogP contribution in [0.25, 0.3) is 0 Å². The van der Waals surface area contributed by atoms with Crippen LogP contribution in [0.2, 0.25) is 5.02 Å². The molecule has 0 heterocycles. The van der Waals surface area contributed by atoms with Crippen molar-refractivity contribution in [2.24, 2.45) is 0 Å². The van der Waals surface area contributed by atoms with Crippen LogP contribution in [-0.2, 0) is 11.3 Å². The Morgan fingerprint density at radius 3 is 2.57 bits per heavy atom. The predicted octanol–water partition coefficient (Wildman–Crippen LogP) is 4.23. The third-order valence-corrected chi connectivity index (χ3v) is 3.00. The number of hydrogen-bond donors (Lipinski definition) is 0. The molecule has 0 unspecified atom stereocenters. The summed E-state index contributed by atoms with van der Waals surface area (Å²) in [6.07, 6.45) is 0. The zero-order valence-corrected chi connectivity index (χ0v) is 12.2. The molecule has 0 aliphatic carbocycles. The normalized spacial score (nSPS) is 10.2. The molecule has 2 rings (SSSR count). The molecule has 0 fully saturated rings. The van der Waals surface area contributed by atoms with Gasteiger partial charge in [-0.3, -0.25) is 0 Å². The SMILES string of the molecule is CCOC(=O)c1ccc(OCc2cc(Cl)ccc2F)cc1. The Bertz CT molecular complexity index is 626. The Kier molecular flexibility index (Phi) is 5.17. The fourth-order valence-electron chi connectivity index (χ4n) is 1.72. The molecule has 0 spiro atoms. The molecule has 110 valence electrons. The maximum absolute atomic E-state index is 13.5. The van der Waals surface area contributed by atoms with Gasteiger partial charge in [0, 0.05) is 10.6 Å². The number of hydrogen-bond acceptors (Lipinski definition) is 3. The van der Waals surface area contributed by atoms with Gasteiger partial charge in [-0.1, -0.05) is 11.6 Å². The molecule has 0 N–H and O–H groups in total. The zero-order chi connectivity index (χ0) is 15.2. The van der Waals surface area contributed by atoms with Gasteiger partial charge in [0.25, 0.3) is 0 Å². The summed E-state index contributed by atoms with van der Waals surface area (Å²) in [5.41, 5.74) is 0.815. The van der Waals surface area contributed by atoms with Crippen molar-refractivity contribution in [1.82, 2.24) is 0 Å². The summed E-state index contributed by atoms with van der Waals surface area (Å²) in [6, 6.07) is 10.8. The van der Waals surface area contributed by atoms with Gasteiger partial charge in [0.1, 0.15) is 18.2 Å². The van der Waals surface area contributed by atoms with Gasteiger partial charge < -0.3 is 9.47 Å². The average molecular weight is 309 g/mol. The molecule has 5 heteroatoms. The summed E-state index contributed by atoms with van der Waals surface area (Å²) < 4.78 is 23.9. The number of ether oxygens (including phenoxy) is 2. The molecule has 3 nitrogen and oxygen atoms in total. The molecule has 0 bridgehead atoms. The summed E-state index contributed by atoms with van der Waals surface area (Å²) in [6.45, 7) is 2.13. The van der Waals surface area contributed by atoms with Crippen LogP contribution in [0.15, 0.2) is 42.5 Å². The minimum Gasteiger partial charge on any atom is -0.489 e. The summed E-state index contributed by atoms with van der Waals surface area (Å²) in [4.78, 5) is 11.5. The largest absolute Gasteiger partial charge is 0.489 e. The third kappa shape index (κ3) is 4.20. The first-order valence-electron chi connectivity index (χ1n) is 6.44. The molecule has 0 aliphatic heterocycles. The third-order valence-electron chi connectivity index (χ3n) is 2.77. The van der Waals surface area contributed by atoms with Gasteiger partial charge in [-0.05, 0) is 49.4 Å². The van der Waals surface area contributed by atoms with E-state index in [2.05, 4.69) is 0 Å². The lowest BCUT2D eigenvalue weighted by Crippen LogP contribution is -2.04. The van der Waals surface area contributed by atoms with Crippen LogP contribution >= 0.6 is 11.6 Å². The van der Waals surface area contributed by atoms with E-state index in [-0.39, 0.29) is 18.4 Å². The van der Waals surface area contributed by atoms with Crippen LogP contribution in [-0.4, -0.2) is 12.6 Å². The Balaban J connectivity index is 2.00. The zero-order valence-electron chi connectivity index (χ0n) is 11.4. The van der Waals surface area contributed by atoms with E-state index in [1.807, 2.05) is 0 Å². The quantitative estimate of drug-likeness (QED) is 0.775. The second-order valence-corrected chi connectivity index (χ2v) is 4.71. The van der Waals surface area contributed by atoms with E-state index in [4.69, 9.17) is 21.1 Å². The van der Waals surface area contributed by atoms with Crippen molar-refractivity contribution >= 4 is 17.6 Å². The van der Waals surface area contributed by atoms with Gasteiger partial charge in [0.05, 0.1) is 12.2 Å². The van der Waals surface area contributed by atoms with Crippen molar-refractivity contribution in [2.75, 3.05) is 6.61 Å². The maximum Gasteiger partial charge on any atom is 0.338 e. The molecule has 21 heavy (non-hydrogen) atoms. The van der Waals surface area contributed by atoms with Gasteiger partial charge in [-0.25, -0.2) is 9.18 Å². The molecule has 0 saturated carbocycles. The Morgan fingerprint density at radius 1 is 1.19 bits per heavy atom. The van der Waals surface area contributed by atoms with E-state index < -0.39 is 0 Å². The Labute approximate surface area is 127 Å². The summed E-state index contributed by atoms with van der Waals surface area (Å²) in [5.74, 6) is -0.227. The lowest BCUT2D eigenvalue weighted by atomic mass is 10.2. The molecule has 0 aliphatic rings. The maximum atomic E-state index is 13.5. The highest BCUT2D eigenvalue weighted by Gasteiger charge is 2.07. The number of benzene rings is 2. The van der Waals surface area contributed by atoms with E-state index in [1.165, 1.54) is 18.2 Å². The van der Waals surface area contributed by atoms with Crippen LogP contribution < -0.4 is 4.74 Å². The first-order chi connectivity index (χ1) is 10.1. The number of carbonyl (C=O) groups is 1. The lowest BCUT2D eigenvalue weighted by Gasteiger charge is -2.08. The Hall–Kier alpha value is -2.07. The van der Waals surface area contributed by atoms with Crippen molar-refractivity contribution in [2.45, 2.75) is 13.5 Å². The van der Waals surface area contributed by atoms with E-state index in [9.17, 15) is 9.18 Å². The van der Waals surface area contributed by atoms with Crippen molar-refractivity contribution in [3.8, 4) is 5.75 Å². The topological polar surface area (TPSA) is 35.5 Å². The molecule has 0 atom stereocenters. The molecule has 0 amide bonds. The van der Waals surface area contributed by atoms with E-state index in [1.54, 1.807) is 31.2 Å². The van der Waals surface area contributed by atoms with Crippen molar-refractivity contribution in [3.63, 3.8) is 0 Å². The Morgan fingerprint density at radius 2 is 1.90 bits per heavy atom. The van der Waals surface area contributed by atoms with Gasteiger partial charge in [0.2, 0.25) is 0 Å². The molecule has 0 aromatic heterocycles. The van der Waals surface area contributed by atoms with Crippen LogP contribution in [0, 0.1) is 5.82 Å². The molecular weight excluding hydrogens is 295 g/mol. The smallest absolute Gasteiger partial charge is 0.338 e. The number of rotatable bonds is 5. The first kappa shape index (κ1) is 15.3. The second kappa shape index (κ2) is 7.09. The van der Waals surface area contributed by atoms with Crippen molar-refractivity contribution in [1.29, 1.82) is 0 Å². The molecular formula is C16H14ClFO3.